The van der Waals surface area contributed by atoms with E-state index in [4.69, 9.17) is 11.6 Å². The van der Waals surface area contributed by atoms with Crippen LogP contribution in [0.1, 0.15) is 29.3 Å². The third kappa shape index (κ3) is 3.72. The molecule has 9 heteroatoms. The number of nitrogens with one attached hydrogen (secondary N) is 1. The van der Waals surface area contributed by atoms with Crippen molar-refractivity contribution in [1.82, 2.24) is 10.2 Å². The second-order valence-electron chi connectivity index (χ2n) is 6.40. The molecule has 2 amide bonds. The maximum Gasteiger partial charge on any atom is 0.442 e. The number of amides is 2. The van der Waals surface area contributed by atoms with Gasteiger partial charge in [0.05, 0.1) is 10.6 Å². The number of amidine groups is 1. The van der Waals surface area contributed by atoms with Crippen molar-refractivity contribution in [3.05, 3.63) is 70.7 Å². The molecular formula is C20H17ClF3N3O2. The molecule has 0 radical (unpaired) electrons. The summed E-state index contributed by atoms with van der Waals surface area (Å²) >= 11 is 5.93. The molecule has 1 aliphatic rings. The average molecular weight is 424 g/mol. The van der Waals surface area contributed by atoms with Gasteiger partial charge in [-0.2, -0.15) is 13.2 Å². The third-order valence-corrected chi connectivity index (χ3v) is 4.72. The second kappa shape index (κ2) is 7.87. The van der Waals surface area contributed by atoms with Gasteiger partial charge in [-0.25, -0.2) is 4.99 Å². The monoisotopic (exact) mass is 423 g/mol. The molecule has 0 saturated carbocycles. The molecule has 2 aromatic rings. The molecule has 2 aromatic carbocycles. The zero-order chi connectivity index (χ0) is 21.2. The highest BCUT2D eigenvalue weighted by molar-refractivity contribution is 6.34. The van der Waals surface area contributed by atoms with Gasteiger partial charge in [0.15, 0.2) is 0 Å². The smallest absolute Gasteiger partial charge is 0.312 e. The first kappa shape index (κ1) is 20.9. The molecule has 0 unspecified atom stereocenters. The van der Waals surface area contributed by atoms with Gasteiger partial charge in [-0.05, 0) is 18.6 Å². The van der Waals surface area contributed by atoms with Crippen molar-refractivity contribution in [3.63, 3.8) is 0 Å². The molecule has 3 rings (SSSR count). The van der Waals surface area contributed by atoms with Gasteiger partial charge in [0.2, 0.25) is 0 Å². The van der Waals surface area contributed by atoms with Crippen molar-refractivity contribution >= 4 is 29.3 Å². The van der Waals surface area contributed by atoms with Crippen molar-refractivity contribution in [2.45, 2.75) is 25.2 Å². The number of hydrogen-bond donors (Lipinski definition) is 1. The molecule has 0 fully saturated rings. The van der Waals surface area contributed by atoms with Crippen molar-refractivity contribution in [2.75, 3.05) is 6.54 Å². The molecule has 5 nitrogen and oxygen atoms in total. The van der Waals surface area contributed by atoms with Crippen molar-refractivity contribution in [2.24, 2.45) is 4.99 Å². The van der Waals surface area contributed by atoms with Crippen LogP contribution in [0.5, 0.6) is 0 Å². The summed E-state index contributed by atoms with van der Waals surface area (Å²) in [6.45, 7) is 1.75. The Morgan fingerprint density at radius 3 is 2.34 bits per heavy atom. The Morgan fingerprint density at radius 1 is 1.14 bits per heavy atom. The van der Waals surface area contributed by atoms with Gasteiger partial charge in [0, 0.05) is 12.1 Å². The Labute approximate surface area is 170 Å². The Morgan fingerprint density at radius 2 is 1.76 bits per heavy atom. The van der Waals surface area contributed by atoms with Crippen LogP contribution >= 0.6 is 11.6 Å². The fraction of sp³-hybridized carbons (Fsp3) is 0.250. The SMILES string of the molecule is CCCN1C(=O)[C@](NC(=O)c2ccccc2Cl)(C(F)(F)F)N=C1c1ccccc1. The molecule has 1 atom stereocenters. The Hall–Kier alpha value is -2.87. The molecule has 1 aliphatic heterocycles. The zero-order valence-corrected chi connectivity index (χ0v) is 16.1. The average Bonchev–Trinajstić information content (AvgIpc) is 2.96. The summed E-state index contributed by atoms with van der Waals surface area (Å²) in [5.41, 5.74) is -3.27. The van der Waals surface area contributed by atoms with Gasteiger partial charge in [-0.3, -0.25) is 14.5 Å². The molecule has 0 aliphatic carbocycles. The van der Waals surface area contributed by atoms with E-state index in [2.05, 4.69) is 4.99 Å². The molecule has 0 saturated heterocycles. The van der Waals surface area contributed by atoms with Crippen LogP contribution in [0.3, 0.4) is 0 Å². The lowest BCUT2D eigenvalue weighted by atomic mass is 10.1. The predicted octanol–water partition coefficient (Wildman–Crippen LogP) is 4.03. The van der Waals surface area contributed by atoms with E-state index in [0.29, 0.717) is 12.0 Å². The van der Waals surface area contributed by atoms with E-state index in [-0.39, 0.29) is 23.0 Å². The largest absolute Gasteiger partial charge is 0.442 e. The number of halogens is 4. The molecule has 0 spiro atoms. The van der Waals surface area contributed by atoms with Gasteiger partial charge in [0.25, 0.3) is 11.8 Å². The van der Waals surface area contributed by atoms with Gasteiger partial charge in [-0.15, -0.1) is 0 Å². The number of hydrogen-bond acceptors (Lipinski definition) is 3. The van der Waals surface area contributed by atoms with Crippen LogP contribution in [0.4, 0.5) is 13.2 Å². The van der Waals surface area contributed by atoms with Crippen LogP contribution in [0.25, 0.3) is 0 Å². The minimum absolute atomic E-state index is 0.0202. The van der Waals surface area contributed by atoms with E-state index in [0.717, 1.165) is 4.90 Å². The van der Waals surface area contributed by atoms with E-state index < -0.39 is 23.7 Å². The fourth-order valence-corrected chi connectivity index (χ4v) is 3.23. The lowest BCUT2D eigenvalue weighted by Crippen LogP contribution is -2.63. The number of carbonyl (C=O) groups excluding carboxylic acids is 2. The standard InChI is InChI=1S/C20H17ClF3N3O2/c1-2-12-27-16(13-8-4-3-5-9-13)25-19(18(27)29,20(22,23)24)26-17(28)14-10-6-7-11-15(14)21/h3-11H,2,12H2,1H3,(H,26,28)/t19-/m0/s1. The number of nitrogens with zero attached hydrogens (tertiary/aromatic N) is 2. The van der Waals surface area contributed by atoms with Crippen LogP contribution in [-0.4, -0.2) is 40.9 Å². The van der Waals surface area contributed by atoms with Gasteiger partial charge in [0.1, 0.15) is 5.84 Å². The topological polar surface area (TPSA) is 61.8 Å². The first-order valence-corrected chi connectivity index (χ1v) is 9.20. The fourth-order valence-electron chi connectivity index (χ4n) is 3.01. The van der Waals surface area contributed by atoms with Crippen molar-refractivity contribution in [1.29, 1.82) is 0 Å². The molecule has 0 aromatic heterocycles. The highest BCUT2D eigenvalue weighted by Crippen LogP contribution is 2.39. The minimum Gasteiger partial charge on any atom is -0.312 e. The molecule has 29 heavy (non-hydrogen) atoms. The summed E-state index contributed by atoms with van der Waals surface area (Å²) in [6, 6.07) is 13.7. The minimum atomic E-state index is -5.16. The lowest BCUT2D eigenvalue weighted by Gasteiger charge is -2.29. The van der Waals surface area contributed by atoms with Crippen LogP contribution in [0.15, 0.2) is 59.6 Å². The predicted molar refractivity (Wildman–Crippen MR) is 103 cm³/mol. The van der Waals surface area contributed by atoms with E-state index in [1.165, 1.54) is 24.3 Å². The number of rotatable bonds is 5. The summed E-state index contributed by atoms with van der Waals surface area (Å²) < 4.78 is 42.4. The highest BCUT2D eigenvalue weighted by atomic mass is 35.5. The summed E-state index contributed by atoms with van der Waals surface area (Å²) in [5.74, 6) is -2.64. The van der Waals surface area contributed by atoms with Gasteiger partial charge < -0.3 is 5.32 Å². The Bertz CT molecular complexity index is 963. The molecular weight excluding hydrogens is 407 g/mol. The summed E-state index contributed by atoms with van der Waals surface area (Å²) in [6.07, 6.45) is -4.76. The number of aliphatic imine (C=N–C) groups is 1. The summed E-state index contributed by atoms with van der Waals surface area (Å²) in [5, 5.41) is 1.76. The molecule has 0 bridgehead atoms. The van der Waals surface area contributed by atoms with Crippen LogP contribution in [0, 0.1) is 0 Å². The normalized spacial score (nSPS) is 19.3. The van der Waals surface area contributed by atoms with E-state index in [1.807, 2.05) is 0 Å². The zero-order valence-electron chi connectivity index (χ0n) is 15.3. The number of alkyl halides is 3. The van der Waals surface area contributed by atoms with Gasteiger partial charge in [-0.1, -0.05) is 61.0 Å². The number of benzene rings is 2. The molecule has 1 N–H and O–H groups in total. The summed E-state index contributed by atoms with van der Waals surface area (Å²) in [4.78, 5) is 30.2. The van der Waals surface area contributed by atoms with Crippen molar-refractivity contribution < 1.29 is 22.8 Å². The molecule has 152 valence electrons. The van der Waals surface area contributed by atoms with Crippen LogP contribution < -0.4 is 5.32 Å². The quantitative estimate of drug-likeness (QED) is 0.789. The summed E-state index contributed by atoms with van der Waals surface area (Å²) in [7, 11) is 0. The van der Waals surface area contributed by atoms with E-state index in [9.17, 15) is 22.8 Å². The first-order valence-electron chi connectivity index (χ1n) is 8.82. The van der Waals surface area contributed by atoms with Crippen LogP contribution in [-0.2, 0) is 4.79 Å². The highest BCUT2D eigenvalue weighted by Gasteiger charge is 2.67. The third-order valence-electron chi connectivity index (χ3n) is 4.39. The van der Waals surface area contributed by atoms with Crippen molar-refractivity contribution in [3.8, 4) is 0 Å². The van der Waals surface area contributed by atoms with Gasteiger partial charge >= 0.3 is 11.8 Å². The first-order chi connectivity index (χ1) is 13.7. The Balaban J connectivity index is 2.11. The van der Waals surface area contributed by atoms with Crippen LogP contribution in [0.2, 0.25) is 5.02 Å². The van der Waals surface area contributed by atoms with E-state index in [1.54, 1.807) is 42.6 Å². The number of carbonyl (C=O) groups is 2. The maximum absolute atomic E-state index is 14.1. The molecule has 1 heterocycles. The van der Waals surface area contributed by atoms with E-state index >= 15 is 0 Å². The second-order valence-corrected chi connectivity index (χ2v) is 6.81. The Kier molecular flexibility index (Phi) is 5.66. The lowest BCUT2D eigenvalue weighted by molar-refractivity contribution is -0.196. The maximum atomic E-state index is 14.1.